The molecule has 2 unspecified atom stereocenters. The van der Waals surface area contributed by atoms with Crippen LogP contribution in [-0.2, 0) is 32.0 Å². The molecule has 2 rings (SSSR count). The minimum absolute atomic E-state index is 0.113. The molecule has 0 heterocycles. The first kappa shape index (κ1) is 40.1. The van der Waals surface area contributed by atoms with Crippen LogP contribution in [0.15, 0.2) is 60.7 Å². The number of carbonyl (C=O) groups is 4. The zero-order chi connectivity index (χ0) is 33.1. The Kier molecular flexibility index (Phi) is 19.5. The van der Waals surface area contributed by atoms with Gasteiger partial charge in [0.1, 0.15) is 0 Å². The first-order valence-electron chi connectivity index (χ1n) is 14.8. The molecule has 0 aliphatic rings. The molecular weight excluding hydrogens is 655 g/mol. The summed E-state index contributed by atoms with van der Waals surface area (Å²) in [7, 11) is 0. The molecule has 8 nitrogen and oxygen atoms in total. The average molecular weight is 703 g/mol. The molecule has 9 heteroatoms. The van der Waals surface area contributed by atoms with Crippen molar-refractivity contribution in [2.75, 3.05) is 0 Å². The SMILES string of the molecule is C[C](C)(C)[SnH2+4][C](C)(C)C.O=C([O-])CCCC(Cc1ccccc1)C(=O)[O-].O=C([O-])CCCC(Cc1ccccc1)C(=O)[O-]. The van der Waals surface area contributed by atoms with Crippen molar-refractivity contribution in [3.05, 3.63) is 71.8 Å². The first-order valence-corrected chi connectivity index (χ1v) is 18.8. The van der Waals surface area contributed by atoms with Crippen molar-refractivity contribution < 1.29 is 39.6 Å². The monoisotopic (exact) mass is 704 g/mol. The summed E-state index contributed by atoms with van der Waals surface area (Å²) >= 11 is -0.528. The number of benzene rings is 2. The Hall–Kier alpha value is -2.88. The van der Waals surface area contributed by atoms with Crippen LogP contribution in [0.4, 0.5) is 0 Å². The summed E-state index contributed by atoms with van der Waals surface area (Å²) in [5.41, 5.74) is 1.82. The van der Waals surface area contributed by atoms with Crippen LogP contribution in [0, 0.1) is 11.8 Å². The third-order valence-electron chi connectivity index (χ3n) is 6.24. The van der Waals surface area contributed by atoms with Crippen LogP contribution >= 0.6 is 0 Å². The summed E-state index contributed by atoms with van der Waals surface area (Å²) in [5, 5.41) is 42.3. The molecule has 0 aliphatic heterocycles. The molecule has 4 radical (unpaired) electrons. The molecule has 0 saturated heterocycles. The number of aliphatic carboxylic acids is 4. The molecule has 43 heavy (non-hydrogen) atoms. The van der Waals surface area contributed by atoms with E-state index in [2.05, 4.69) is 41.5 Å². The van der Waals surface area contributed by atoms with Gasteiger partial charge < -0.3 is 39.6 Å². The minimum atomic E-state index is -1.15. The Bertz CT molecular complexity index is 1000. The van der Waals surface area contributed by atoms with Gasteiger partial charge in [0.05, 0.1) is 0 Å². The fourth-order valence-corrected chi connectivity index (χ4v) is 14.1. The second kappa shape index (κ2) is 20.9. The minimum Gasteiger partial charge on any atom is -0.550 e. The van der Waals surface area contributed by atoms with Gasteiger partial charge in [0, 0.05) is 35.7 Å². The molecule has 2 atom stereocenters. The van der Waals surface area contributed by atoms with Gasteiger partial charge in [-0.15, -0.1) is 0 Å². The molecule has 0 saturated carbocycles. The van der Waals surface area contributed by atoms with Gasteiger partial charge in [-0.05, 0) is 62.5 Å². The molecule has 0 amide bonds. The second-order valence-corrected chi connectivity index (χ2v) is 26.4. The summed E-state index contributed by atoms with van der Waals surface area (Å²) in [6, 6.07) is 18.4. The van der Waals surface area contributed by atoms with E-state index in [1.807, 2.05) is 60.7 Å². The van der Waals surface area contributed by atoms with Gasteiger partial charge in [0.15, 0.2) is 0 Å². The van der Waals surface area contributed by atoms with E-state index in [9.17, 15) is 39.6 Å². The fraction of sp³-hybridized carbons (Fsp3) is 0.529. The Morgan fingerprint density at radius 1 is 0.581 bits per heavy atom. The third-order valence-corrected chi connectivity index (χ3v) is 12.3. The maximum Gasteiger partial charge on any atom is 0.0448 e. The summed E-state index contributed by atoms with van der Waals surface area (Å²) < 4.78 is 1.39. The predicted molar refractivity (Wildman–Crippen MR) is 163 cm³/mol. The molecule has 0 fully saturated rings. The van der Waals surface area contributed by atoms with Gasteiger partial charge in [0.25, 0.3) is 0 Å². The van der Waals surface area contributed by atoms with Crippen LogP contribution in [0.25, 0.3) is 0 Å². The summed E-state index contributed by atoms with van der Waals surface area (Å²) in [6.45, 7) is 14.3. The Morgan fingerprint density at radius 3 is 1.09 bits per heavy atom. The molecule has 0 bridgehead atoms. The zero-order valence-electron chi connectivity index (χ0n) is 26.6. The molecule has 0 aliphatic carbocycles. The quantitative estimate of drug-likeness (QED) is 0.269. The number of hydrogen-bond donors (Lipinski definition) is 0. The van der Waals surface area contributed by atoms with Crippen LogP contribution in [0.3, 0.4) is 0 Å². The molecule has 2 aromatic carbocycles. The van der Waals surface area contributed by atoms with Crippen molar-refractivity contribution in [3.8, 4) is 0 Å². The van der Waals surface area contributed by atoms with Gasteiger partial charge in [-0.2, -0.15) is 0 Å². The van der Waals surface area contributed by atoms with Gasteiger partial charge in [-0.3, -0.25) is 0 Å². The molecule has 236 valence electrons. The summed E-state index contributed by atoms with van der Waals surface area (Å²) in [4.78, 5) is 42.3. The van der Waals surface area contributed by atoms with E-state index in [-0.39, 0.29) is 12.8 Å². The van der Waals surface area contributed by atoms with Crippen LogP contribution in [0.5, 0.6) is 0 Å². The van der Waals surface area contributed by atoms with Crippen molar-refractivity contribution in [1.82, 2.24) is 0 Å². The molecular formula is C34H48O8Sn. The summed E-state index contributed by atoms with van der Waals surface area (Å²) in [5.74, 6) is -5.85. The van der Waals surface area contributed by atoms with Gasteiger partial charge in [-0.1, -0.05) is 60.7 Å². The zero-order valence-corrected chi connectivity index (χ0v) is 30.6. The van der Waals surface area contributed by atoms with Crippen LogP contribution in [0.2, 0.25) is 6.86 Å². The van der Waals surface area contributed by atoms with E-state index in [0.29, 0.717) is 45.4 Å². The number of carboxylic acids is 4. The van der Waals surface area contributed by atoms with E-state index in [0.717, 1.165) is 11.1 Å². The second-order valence-electron chi connectivity index (χ2n) is 13.2. The Labute approximate surface area is 267 Å². The van der Waals surface area contributed by atoms with Crippen molar-refractivity contribution in [3.63, 3.8) is 0 Å². The van der Waals surface area contributed by atoms with Gasteiger partial charge in [0.2, 0.25) is 0 Å². The van der Waals surface area contributed by atoms with Crippen molar-refractivity contribution in [2.45, 2.75) is 99.8 Å². The van der Waals surface area contributed by atoms with Crippen molar-refractivity contribution >= 4 is 45.0 Å². The van der Waals surface area contributed by atoms with E-state index in [4.69, 9.17) is 0 Å². The van der Waals surface area contributed by atoms with Crippen LogP contribution in [0.1, 0.15) is 91.2 Å². The maximum absolute atomic E-state index is 10.9. The number of carboxylic acid groups (broad SMARTS) is 4. The Morgan fingerprint density at radius 2 is 0.884 bits per heavy atom. The van der Waals surface area contributed by atoms with E-state index in [1.165, 1.54) is 0 Å². The van der Waals surface area contributed by atoms with Gasteiger partial charge >= 0.3 is 69.5 Å². The first-order chi connectivity index (χ1) is 19.9. The third kappa shape index (κ3) is 24.3. The van der Waals surface area contributed by atoms with E-state index >= 15 is 0 Å². The molecule has 0 N–H and O–H groups in total. The topological polar surface area (TPSA) is 161 Å². The summed E-state index contributed by atoms with van der Waals surface area (Å²) in [6.07, 6.45) is 1.71. The maximum atomic E-state index is 10.9. The van der Waals surface area contributed by atoms with Crippen LogP contribution < -0.4 is 20.4 Å². The average Bonchev–Trinajstić information content (AvgIpc) is 2.87. The normalized spacial score (nSPS) is 12.4. The van der Waals surface area contributed by atoms with Gasteiger partial charge in [-0.25, -0.2) is 0 Å². The predicted octanol–water partition coefficient (Wildman–Crippen LogP) is 1.62. The fourth-order valence-electron chi connectivity index (χ4n) is 4.98. The largest absolute Gasteiger partial charge is 0.550 e. The van der Waals surface area contributed by atoms with E-state index < -0.39 is 56.9 Å². The van der Waals surface area contributed by atoms with Crippen molar-refractivity contribution in [1.29, 1.82) is 0 Å². The standard InChI is InChI=1S/2C13H16O4.2C4H9.Sn.2H/c2*14-12(15)8-4-7-11(13(16)17)9-10-5-2-1-3-6-10;2*1-4(2)3;;;/h2*1-3,5-6,11H,4,7-9H2,(H,14,15)(H,16,17);2*1-3H3;;;/q;;;;+4;;/p-4. The Balaban J connectivity index is 0.000000648. The smallest absolute Gasteiger partial charge is 0.0448 e. The molecule has 0 aromatic heterocycles. The number of carbonyl (C=O) groups excluding carboxylic acids is 4. The number of hydrogen-bond acceptors (Lipinski definition) is 8. The molecule has 2 aromatic rings. The molecule has 0 spiro atoms. The number of rotatable bonds is 14. The van der Waals surface area contributed by atoms with Crippen molar-refractivity contribution in [2.24, 2.45) is 11.8 Å². The van der Waals surface area contributed by atoms with E-state index in [1.54, 1.807) is 0 Å². The van der Waals surface area contributed by atoms with Crippen LogP contribution in [-0.4, -0.2) is 45.0 Å².